The summed E-state index contributed by atoms with van der Waals surface area (Å²) in [6.07, 6.45) is 10.1. The zero-order valence-electron chi connectivity index (χ0n) is 10.7. The van der Waals surface area contributed by atoms with Gasteiger partial charge < -0.3 is 15.9 Å². The van der Waals surface area contributed by atoms with Crippen LogP contribution in [-0.4, -0.2) is 22.5 Å². The van der Waals surface area contributed by atoms with Gasteiger partial charge in [-0.25, -0.2) is 0 Å². The maximum absolute atomic E-state index is 8.69. The first-order valence-electron chi connectivity index (χ1n) is 6.78. The number of unbranched alkanes of at least 4 members (excludes halogenated alkanes) is 6. The lowest BCUT2D eigenvalue weighted by Crippen LogP contribution is -2.21. The number of nitrogens with two attached hydrogens (primary N) is 1. The molecule has 98 valence electrons. The molecule has 0 saturated heterocycles. The molecule has 0 aromatic heterocycles. The summed E-state index contributed by atoms with van der Waals surface area (Å²) in [6, 6.07) is 0.137. The molecule has 0 heterocycles. The highest BCUT2D eigenvalue weighted by Crippen LogP contribution is 2.11. The number of aliphatic hydroxyl groups excluding tert-OH is 1. The van der Waals surface area contributed by atoms with Crippen LogP contribution in [0, 0.1) is 0 Å². The van der Waals surface area contributed by atoms with Gasteiger partial charge in [0.2, 0.25) is 0 Å². The maximum atomic E-state index is 8.69. The van der Waals surface area contributed by atoms with Crippen molar-refractivity contribution in [2.24, 2.45) is 5.73 Å². The molecule has 3 heteroatoms. The maximum Gasteiger partial charge on any atom is 0.151 e. The van der Waals surface area contributed by atoms with Crippen LogP contribution in [0.1, 0.15) is 71.1 Å². The molecular weight excluding hydrogens is 202 g/mol. The minimum atomic E-state index is -1.19. The van der Waals surface area contributed by atoms with Crippen molar-refractivity contribution < 1.29 is 10.2 Å². The molecule has 1 atom stereocenters. The predicted molar refractivity (Wildman–Crippen MR) is 68.0 cm³/mol. The van der Waals surface area contributed by atoms with E-state index in [1.165, 1.54) is 44.9 Å². The minimum Gasteiger partial charge on any atom is -0.368 e. The van der Waals surface area contributed by atoms with E-state index in [0.29, 0.717) is 12.8 Å². The van der Waals surface area contributed by atoms with Crippen LogP contribution in [0.5, 0.6) is 0 Å². The molecule has 0 bridgehead atoms. The Morgan fingerprint density at radius 1 is 0.812 bits per heavy atom. The summed E-state index contributed by atoms with van der Waals surface area (Å²) < 4.78 is 0. The van der Waals surface area contributed by atoms with Crippen LogP contribution in [0.3, 0.4) is 0 Å². The number of rotatable bonds is 11. The molecule has 0 aliphatic rings. The molecule has 0 amide bonds. The molecule has 0 radical (unpaired) electrons. The fraction of sp³-hybridized carbons (Fsp3) is 1.00. The third-order valence-electron chi connectivity index (χ3n) is 2.97. The Hall–Kier alpha value is -0.120. The van der Waals surface area contributed by atoms with Crippen LogP contribution in [0.15, 0.2) is 0 Å². The summed E-state index contributed by atoms with van der Waals surface area (Å²) in [5.74, 6) is 0. The lowest BCUT2D eigenvalue weighted by Gasteiger charge is -2.11. The highest BCUT2D eigenvalue weighted by Gasteiger charge is 2.05. The Morgan fingerprint density at radius 2 is 1.38 bits per heavy atom. The van der Waals surface area contributed by atoms with Gasteiger partial charge in [-0.1, -0.05) is 51.9 Å². The fourth-order valence-corrected chi connectivity index (χ4v) is 1.87. The standard InChI is InChI=1S/C13H29NO2/c1-2-3-4-5-6-7-8-9-12(14)10-11-13(15)16/h12-13,15-16H,2-11,14H2,1H3. The van der Waals surface area contributed by atoms with Crippen LogP contribution in [0.4, 0.5) is 0 Å². The summed E-state index contributed by atoms with van der Waals surface area (Å²) in [7, 11) is 0. The third kappa shape index (κ3) is 12.0. The van der Waals surface area contributed by atoms with E-state index >= 15 is 0 Å². The van der Waals surface area contributed by atoms with Crippen molar-refractivity contribution >= 4 is 0 Å². The van der Waals surface area contributed by atoms with Gasteiger partial charge in [-0.2, -0.15) is 0 Å². The zero-order chi connectivity index (χ0) is 12.2. The average Bonchev–Trinajstić information content (AvgIpc) is 2.25. The quantitative estimate of drug-likeness (QED) is 0.378. The Morgan fingerprint density at radius 3 is 1.94 bits per heavy atom. The van der Waals surface area contributed by atoms with Gasteiger partial charge >= 0.3 is 0 Å². The summed E-state index contributed by atoms with van der Waals surface area (Å²) in [6.45, 7) is 2.23. The molecule has 1 unspecified atom stereocenters. The van der Waals surface area contributed by atoms with Gasteiger partial charge in [0.25, 0.3) is 0 Å². The highest BCUT2D eigenvalue weighted by atomic mass is 16.5. The Labute approximate surface area is 100 Å². The summed E-state index contributed by atoms with van der Waals surface area (Å²) in [4.78, 5) is 0. The predicted octanol–water partition coefficient (Wildman–Crippen LogP) is 2.55. The number of hydrogen-bond donors (Lipinski definition) is 3. The molecule has 0 saturated carbocycles. The van der Waals surface area contributed by atoms with E-state index in [1.54, 1.807) is 0 Å². The highest BCUT2D eigenvalue weighted by molar-refractivity contribution is 4.62. The molecule has 16 heavy (non-hydrogen) atoms. The van der Waals surface area contributed by atoms with Crippen LogP contribution in [0.25, 0.3) is 0 Å². The molecule has 3 nitrogen and oxygen atoms in total. The lowest BCUT2D eigenvalue weighted by atomic mass is 10.0. The second-order valence-electron chi connectivity index (χ2n) is 4.73. The van der Waals surface area contributed by atoms with Gasteiger partial charge in [0.1, 0.15) is 0 Å². The first-order valence-corrected chi connectivity index (χ1v) is 6.78. The number of aliphatic hydroxyl groups is 2. The van der Waals surface area contributed by atoms with Gasteiger partial charge in [0.05, 0.1) is 0 Å². The third-order valence-corrected chi connectivity index (χ3v) is 2.97. The van der Waals surface area contributed by atoms with Crippen molar-refractivity contribution in [2.75, 3.05) is 0 Å². The van der Waals surface area contributed by atoms with E-state index in [2.05, 4.69) is 6.92 Å². The van der Waals surface area contributed by atoms with Gasteiger partial charge in [0, 0.05) is 6.04 Å². The van der Waals surface area contributed by atoms with E-state index in [9.17, 15) is 0 Å². The summed E-state index contributed by atoms with van der Waals surface area (Å²) >= 11 is 0. The first-order chi connectivity index (χ1) is 7.66. The monoisotopic (exact) mass is 231 g/mol. The lowest BCUT2D eigenvalue weighted by molar-refractivity contribution is -0.0474. The molecule has 0 aromatic carbocycles. The van der Waals surface area contributed by atoms with E-state index in [1.807, 2.05) is 0 Å². The van der Waals surface area contributed by atoms with Crippen molar-refractivity contribution in [3.8, 4) is 0 Å². The van der Waals surface area contributed by atoms with Crippen LogP contribution in [0.2, 0.25) is 0 Å². The van der Waals surface area contributed by atoms with Gasteiger partial charge in [-0.3, -0.25) is 0 Å². The van der Waals surface area contributed by atoms with Crippen molar-refractivity contribution in [3.63, 3.8) is 0 Å². The fourth-order valence-electron chi connectivity index (χ4n) is 1.87. The second-order valence-corrected chi connectivity index (χ2v) is 4.73. The molecule has 0 aliphatic heterocycles. The van der Waals surface area contributed by atoms with Crippen molar-refractivity contribution in [2.45, 2.75) is 83.5 Å². The van der Waals surface area contributed by atoms with Crippen LogP contribution >= 0.6 is 0 Å². The molecule has 0 aliphatic carbocycles. The van der Waals surface area contributed by atoms with E-state index in [0.717, 1.165) is 6.42 Å². The van der Waals surface area contributed by atoms with Crippen molar-refractivity contribution in [3.05, 3.63) is 0 Å². The smallest absolute Gasteiger partial charge is 0.151 e. The summed E-state index contributed by atoms with van der Waals surface area (Å²) in [5, 5.41) is 17.4. The zero-order valence-corrected chi connectivity index (χ0v) is 10.7. The second kappa shape index (κ2) is 11.4. The molecule has 0 spiro atoms. The Balaban J connectivity index is 3.12. The topological polar surface area (TPSA) is 66.5 Å². The minimum absolute atomic E-state index is 0.137. The molecule has 4 N–H and O–H groups in total. The molecule has 0 aromatic rings. The number of hydrogen-bond acceptors (Lipinski definition) is 3. The molecule has 0 fully saturated rings. The van der Waals surface area contributed by atoms with Gasteiger partial charge in [-0.05, 0) is 19.3 Å². The van der Waals surface area contributed by atoms with Crippen molar-refractivity contribution in [1.29, 1.82) is 0 Å². The Bertz CT molecular complexity index is 140. The first kappa shape index (κ1) is 15.9. The molecular formula is C13H29NO2. The summed E-state index contributed by atoms with van der Waals surface area (Å²) in [5.41, 5.74) is 5.86. The van der Waals surface area contributed by atoms with Crippen LogP contribution in [-0.2, 0) is 0 Å². The normalized spacial score (nSPS) is 13.3. The van der Waals surface area contributed by atoms with Gasteiger partial charge in [0.15, 0.2) is 6.29 Å². The van der Waals surface area contributed by atoms with Gasteiger partial charge in [-0.15, -0.1) is 0 Å². The molecule has 0 rings (SSSR count). The van der Waals surface area contributed by atoms with Crippen LogP contribution < -0.4 is 5.73 Å². The van der Waals surface area contributed by atoms with Crippen molar-refractivity contribution in [1.82, 2.24) is 0 Å². The van der Waals surface area contributed by atoms with E-state index in [-0.39, 0.29) is 6.04 Å². The Kier molecular flexibility index (Phi) is 11.3. The average molecular weight is 231 g/mol. The van der Waals surface area contributed by atoms with E-state index < -0.39 is 6.29 Å². The largest absolute Gasteiger partial charge is 0.368 e. The SMILES string of the molecule is CCCCCCCCCC(N)CCC(O)O. The van der Waals surface area contributed by atoms with E-state index in [4.69, 9.17) is 15.9 Å².